The van der Waals surface area contributed by atoms with Crippen molar-refractivity contribution in [1.82, 2.24) is 14.9 Å². The summed E-state index contributed by atoms with van der Waals surface area (Å²) in [6.07, 6.45) is 2.18. The number of aryl methyl sites for hydroxylation is 1. The molecule has 1 unspecified atom stereocenters. The SMILES string of the molecule is CNC(=O)c1c(-c2ccc(C)cc2)oc2cc(N(C)S(C)(=O)=O)c(-c3ccc4c(n3)-c3cc5c(F)cccc5n3C(CCO)C4)cc12. The summed E-state index contributed by atoms with van der Waals surface area (Å²) in [5.74, 6) is -0.336. The fourth-order valence-electron chi connectivity index (χ4n) is 6.58. The fraction of sp³-hybridized carbons (Fsp3) is 0.222. The molecule has 1 atom stereocenters. The molecule has 0 spiro atoms. The molecule has 1 aliphatic rings. The highest BCUT2D eigenvalue weighted by molar-refractivity contribution is 7.92. The summed E-state index contributed by atoms with van der Waals surface area (Å²) in [7, 11) is -0.717. The zero-order valence-electron chi connectivity index (χ0n) is 26.3. The van der Waals surface area contributed by atoms with Crippen LogP contribution >= 0.6 is 0 Å². The van der Waals surface area contributed by atoms with E-state index in [1.54, 1.807) is 31.3 Å². The van der Waals surface area contributed by atoms with Crippen molar-refractivity contribution < 1.29 is 27.1 Å². The van der Waals surface area contributed by atoms with Gasteiger partial charge >= 0.3 is 0 Å². The normalized spacial score (nSPS) is 14.3. The minimum absolute atomic E-state index is 0.0237. The van der Waals surface area contributed by atoms with Gasteiger partial charge in [0.25, 0.3) is 5.91 Å². The van der Waals surface area contributed by atoms with E-state index in [9.17, 15) is 22.7 Å². The van der Waals surface area contributed by atoms with E-state index in [-0.39, 0.29) is 24.4 Å². The molecular weight excluding hydrogens is 619 g/mol. The van der Waals surface area contributed by atoms with Crippen LogP contribution in [0.5, 0.6) is 0 Å². The molecule has 7 rings (SSSR count). The lowest BCUT2D eigenvalue weighted by Gasteiger charge is -2.29. The predicted molar refractivity (Wildman–Crippen MR) is 182 cm³/mol. The second-order valence-corrected chi connectivity index (χ2v) is 14.0. The number of nitrogens with zero attached hydrogens (tertiary/aromatic N) is 3. The van der Waals surface area contributed by atoms with E-state index in [0.29, 0.717) is 79.9 Å². The average Bonchev–Trinajstić information content (AvgIpc) is 3.63. The molecule has 1 amide bonds. The summed E-state index contributed by atoms with van der Waals surface area (Å²) in [6, 6.07) is 21.4. The van der Waals surface area contributed by atoms with Crippen LogP contribution in [-0.2, 0) is 16.4 Å². The maximum Gasteiger partial charge on any atom is 0.255 e. The molecule has 9 nitrogen and oxygen atoms in total. The number of hydrogen-bond donors (Lipinski definition) is 2. The highest BCUT2D eigenvalue weighted by Crippen LogP contribution is 2.44. The van der Waals surface area contributed by atoms with Gasteiger partial charge in [0.15, 0.2) is 0 Å². The average molecular weight is 653 g/mol. The first kappa shape index (κ1) is 30.6. The number of pyridine rings is 1. The van der Waals surface area contributed by atoms with E-state index in [2.05, 4.69) is 5.32 Å². The molecule has 2 N–H and O–H groups in total. The van der Waals surface area contributed by atoms with Gasteiger partial charge in [0.2, 0.25) is 10.0 Å². The van der Waals surface area contributed by atoms with Crippen LogP contribution in [0.1, 0.15) is 33.9 Å². The lowest BCUT2D eigenvalue weighted by Crippen LogP contribution is -2.25. The predicted octanol–water partition coefficient (Wildman–Crippen LogP) is 6.47. The number of aromatic nitrogens is 2. The number of hydrogen-bond acceptors (Lipinski definition) is 6. The van der Waals surface area contributed by atoms with Crippen LogP contribution < -0.4 is 9.62 Å². The van der Waals surface area contributed by atoms with E-state index in [4.69, 9.17) is 9.40 Å². The summed E-state index contributed by atoms with van der Waals surface area (Å²) in [6.45, 7) is 1.94. The van der Waals surface area contributed by atoms with E-state index >= 15 is 0 Å². The van der Waals surface area contributed by atoms with Gasteiger partial charge in [-0.1, -0.05) is 42.0 Å². The summed E-state index contributed by atoms with van der Waals surface area (Å²) >= 11 is 0. The molecule has 0 aliphatic carbocycles. The summed E-state index contributed by atoms with van der Waals surface area (Å²) in [5.41, 5.74) is 6.67. The number of nitrogens with one attached hydrogen (secondary N) is 1. The molecule has 1 aliphatic heterocycles. The Morgan fingerprint density at radius 1 is 1.11 bits per heavy atom. The van der Waals surface area contributed by atoms with Crippen molar-refractivity contribution in [3.8, 4) is 34.0 Å². The number of anilines is 1. The van der Waals surface area contributed by atoms with Crippen LogP contribution in [-0.4, -0.2) is 55.9 Å². The zero-order chi connectivity index (χ0) is 33.2. The summed E-state index contributed by atoms with van der Waals surface area (Å²) in [4.78, 5) is 18.4. The number of rotatable bonds is 7. The third kappa shape index (κ3) is 5.06. The molecular formula is C36H33FN4O5S. The van der Waals surface area contributed by atoms with Gasteiger partial charge in [-0.15, -0.1) is 0 Å². The molecule has 11 heteroatoms. The van der Waals surface area contributed by atoms with Crippen molar-refractivity contribution in [2.45, 2.75) is 25.8 Å². The van der Waals surface area contributed by atoms with Crippen LogP contribution in [0.2, 0.25) is 0 Å². The molecule has 3 aromatic heterocycles. The number of halogens is 1. The Morgan fingerprint density at radius 3 is 2.57 bits per heavy atom. The van der Waals surface area contributed by atoms with Crippen LogP contribution in [0.25, 0.3) is 55.8 Å². The van der Waals surface area contributed by atoms with Crippen molar-refractivity contribution in [2.24, 2.45) is 0 Å². The second-order valence-electron chi connectivity index (χ2n) is 12.0. The molecule has 0 fully saturated rings. The largest absolute Gasteiger partial charge is 0.455 e. The van der Waals surface area contributed by atoms with Crippen LogP contribution in [0.4, 0.5) is 10.1 Å². The Hall–Kier alpha value is -5.00. The Labute approximate surface area is 271 Å². The number of benzene rings is 3. The number of carbonyl (C=O) groups excluding carboxylic acids is 1. The highest BCUT2D eigenvalue weighted by Gasteiger charge is 2.30. The number of amides is 1. The van der Waals surface area contributed by atoms with Gasteiger partial charge in [0.1, 0.15) is 17.2 Å². The molecule has 4 heterocycles. The third-order valence-corrected chi connectivity index (χ3v) is 10.2. The van der Waals surface area contributed by atoms with Crippen molar-refractivity contribution in [2.75, 3.05) is 31.3 Å². The van der Waals surface area contributed by atoms with Crippen LogP contribution in [0.15, 0.2) is 77.2 Å². The summed E-state index contributed by atoms with van der Waals surface area (Å²) in [5, 5.41) is 13.5. The Kier molecular flexibility index (Phi) is 7.40. The van der Waals surface area contributed by atoms with Gasteiger partial charge in [0, 0.05) is 54.7 Å². The maximum atomic E-state index is 15.0. The molecule has 47 heavy (non-hydrogen) atoms. The number of aliphatic hydroxyl groups excluding tert-OH is 1. The highest BCUT2D eigenvalue weighted by atomic mass is 32.2. The number of furan rings is 1. The first-order valence-electron chi connectivity index (χ1n) is 15.2. The first-order chi connectivity index (χ1) is 22.5. The second kappa shape index (κ2) is 11.4. The molecule has 3 aromatic carbocycles. The smallest absolute Gasteiger partial charge is 0.255 e. The topological polar surface area (TPSA) is 118 Å². The van der Waals surface area contributed by atoms with E-state index in [1.165, 1.54) is 17.4 Å². The van der Waals surface area contributed by atoms with Crippen molar-refractivity contribution in [3.05, 3.63) is 95.3 Å². The van der Waals surface area contributed by atoms with Crippen molar-refractivity contribution in [3.63, 3.8) is 0 Å². The molecule has 0 bridgehead atoms. The molecule has 0 radical (unpaired) electrons. The van der Waals surface area contributed by atoms with Gasteiger partial charge in [-0.05, 0) is 55.7 Å². The van der Waals surface area contributed by atoms with Crippen molar-refractivity contribution >= 4 is 43.5 Å². The van der Waals surface area contributed by atoms with Gasteiger partial charge in [-0.25, -0.2) is 17.8 Å². The van der Waals surface area contributed by atoms with E-state index < -0.39 is 10.0 Å². The van der Waals surface area contributed by atoms with Gasteiger partial charge < -0.3 is 19.4 Å². The third-order valence-electron chi connectivity index (χ3n) is 9.02. The fourth-order valence-corrected chi connectivity index (χ4v) is 7.08. The number of carbonyl (C=O) groups is 1. The lowest BCUT2D eigenvalue weighted by atomic mass is 9.94. The molecule has 0 saturated heterocycles. The van der Waals surface area contributed by atoms with Gasteiger partial charge in [-0.2, -0.15) is 0 Å². The lowest BCUT2D eigenvalue weighted by molar-refractivity contribution is 0.0964. The first-order valence-corrected chi connectivity index (χ1v) is 17.1. The van der Waals surface area contributed by atoms with E-state index in [0.717, 1.165) is 17.4 Å². The number of sulfonamides is 1. The quantitative estimate of drug-likeness (QED) is 0.204. The Bertz CT molecular complexity index is 2330. The summed E-state index contributed by atoms with van der Waals surface area (Å²) < 4.78 is 50.3. The minimum Gasteiger partial charge on any atom is -0.455 e. The standard InChI is InChI=1S/C36H33FN4O5S/c1-20-8-10-21(11-9-20)35-33(36(43)38-2)26-17-25(30(19-32(26)46-35)40(3)47(4,44)45)28-13-12-22-16-23(14-15-42)41-29-7-5-6-27(37)24(29)18-31(41)34(22)39-28/h5-13,17-19,23,42H,14-16H2,1-4H3,(H,38,43). The van der Waals surface area contributed by atoms with E-state index in [1.807, 2.05) is 54.0 Å². The van der Waals surface area contributed by atoms with Crippen LogP contribution in [0.3, 0.4) is 0 Å². The van der Waals surface area contributed by atoms with Crippen molar-refractivity contribution in [1.29, 1.82) is 0 Å². The Balaban J connectivity index is 1.49. The van der Waals surface area contributed by atoms with Crippen LogP contribution in [0, 0.1) is 12.7 Å². The molecule has 0 saturated carbocycles. The van der Waals surface area contributed by atoms with Gasteiger partial charge in [-0.3, -0.25) is 9.10 Å². The molecule has 240 valence electrons. The Morgan fingerprint density at radius 2 is 1.87 bits per heavy atom. The van der Waals surface area contributed by atoms with Gasteiger partial charge in [0.05, 0.1) is 40.1 Å². The number of aliphatic hydroxyl groups is 1. The zero-order valence-corrected chi connectivity index (χ0v) is 27.2. The number of fused-ring (bicyclic) bond motifs is 6. The maximum absolute atomic E-state index is 15.0. The minimum atomic E-state index is -3.72. The molecule has 6 aromatic rings. The monoisotopic (exact) mass is 652 g/mol.